The number of aliphatic hydroxyl groups is 3. The summed E-state index contributed by atoms with van der Waals surface area (Å²) in [5.74, 6) is -3.81. The third kappa shape index (κ3) is 5.56. The van der Waals surface area contributed by atoms with Crippen molar-refractivity contribution in [1.29, 1.82) is 0 Å². The second-order valence-corrected chi connectivity index (χ2v) is 11.7. The lowest BCUT2D eigenvalue weighted by atomic mass is 9.72. The zero-order valence-corrected chi connectivity index (χ0v) is 25.5. The second-order valence-electron chi connectivity index (χ2n) is 11.7. The number of benzene rings is 3. The molecule has 0 amide bonds. The van der Waals surface area contributed by atoms with Crippen LogP contribution in [0.3, 0.4) is 0 Å². The highest BCUT2D eigenvalue weighted by Crippen LogP contribution is 2.52. The number of phenols is 2. The van der Waals surface area contributed by atoms with Crippen LogP contribution < -0.4 is 10.5 Å². The lowest BCUT2D eigenvalue weighted by Gasteiger charge is -2.42. The molecule has 0 bridgehead atoms. The van der Waals surface area contributed by atoms with E-state index in [1.54, 1.807) is 6.92 Å². The molecule has 1 aliphatic heterocycles. The summed E-state index contributed by atoms with van der Waals surface area (Å²) in [4.78, 5) is 40.7. The quantitative estimate of drug-likeness (QED) is 0.158. The fraction of sp³-hybridized carbons (Fsp3) is 0.364. The number of Topliss-reactive ketones (excluding diaryl/α,β-unsaturated/α-hetero) is 1. The number of hydrogen-bond donors (Lipinski definition) is 6. The molecule has 0 aromatic heterocycles. The first-order chi connectivity index (χ1) is 21.4. The Balaban J connectivity index is 0.00000417. The number of phenolic OH excluding ortho intramolecular Hbond substituents is 2. The number of ether oxygens (including phenoxy) is 3. The van der Waals surface area contributed by atoms with E-state index in [0.717, 1.165) is 5.56 Å². The third-order valence-corrected chi connectivity index (χ3v) is 8.82. The molecule has 12 nitrogen and oxygen atoms in total. The van der Waals surface area contributed by atoms with E-state index < -0.39 is 95.7 Å². The molecule has 13 heteroatoms. The molecule has 0 spiro atoms. The highest BCUT2D eigenvalue weighted by Gasteiger charge is 2.50. The standard InChI is InChI=1S/C33H33NO11.ClH/c1-15-28(37)19(34)10-23(44-15)45-21-12-33(42,22(36)13-35)11-18-25(21)32(41)27-26(30(18)39)29(38)17-8-5-9-20(24(17)31(27)40)43-14-16-6-3-2-4-7-16;/h2-9,15,19,21,23,28,35,37,39,41-42H,10-14,34H2,1H3;1H/t15?,19?,21-,23?,28?,33-;/m0./s1. The topological polar surface area (TPSA) is 206 Å². The predicted molar refractivity (Wildman–Crippen MR) is 163 cm³/mol. The number of ketones is 3. The molecule has 4 unspecified atom stereocenters. The number of nitrogens with two attached hydrogens (primary N) is 1. The molecule has 7 N–H and O–H groups in total. The maximum Gasteiger partial charge on any atom is 0.202 e. The number of carbonyl (C=O) groups excluding carboxylic acids is 3. The second kappa shape index (κ2) is 12.7. The minimum Gasteiger partial charge on any atom is -0.507 e. The number of aliphatic hydroxyl groups excluding tert-OH is 2. The van der Waals surface area contributed by atoms with Gasteiger partial charge in [0.1, 0.15) is 36.1 Å². The summed E-state index contributed by atoms with van der Waals surface area (Å²) in [5, 5.41) is 54.4. The van der Waals surface area contributed by atoms with Gasteiger partial charge in [-0.05, 0) is 18.6 Å². The van der Waals surface area contributed by atoms with Gasteiger partial charge in [0.25, 0.3) is 0 Å². The van der Waals surface area contributed by atoms with Crippen molar-refractivity contribution in [2.24, 2.45) is 5.73 Å². The van der Waals surface area contributed by atoms with Crippen molar-refractivity contribution in [1.82, 2.24) is 0 Å². The van der Waals surface area contributed by atoms with Crippen LogP contribution in [-0.4, -0.2) is 79.6 Å². The average molecular weight is 656 g/mol. The van der Waals surface area contributed by atoms with E-state index in [2.05, 4.69) is 0 Å². The molecular formula is C33H34ClNO11. The van der Waals surface area contributed by atoms with Crippen molar-refractivity contribution in [2.75, 3.05) is 6.61 Å². The van der Waals surface area contributed by atoms with E-state index in [-0.39, 0.29) is 53.4 Å². The first-order valence-corrected chi connectivity index (χ1v) is 14.6. The molecular weight excluding hydrogens is 622 g/mol. The van der Waals surface area contributed by atoms with Crippen LogP contribution in [0.4, 0.5) is 0 Å². The highest BCUT2D eigenvalue weighted by molar-refractivity contribution is 6.31. The maximum atomic E-state index is 14.1. The average Bonchev–Trinajstić information content (AvgIpc) is 3.02. The van der Waals surface area contributed by atoms with Crippen molar-refractivity contribution in [3.05, 3.63) is 87.5 Å². The summed E-state index contributed by atoms with van der Waals surface area (Å²) in [6, 6.07) is 12.9. The summed E-state index contributed by atoms with van der Waals surface area (Å²) in [6.45, 7) is 0.650. The van der Waals surface area contributed by atoms with Crippen LogP contribution in [0.2, 0.25) is 0 Å². The van der Waals surface area contributed by atoms with Crippen molar-refractivity contribution in [2.45, 2.75) is 69.0 Å². The molecule has 3 aromatic carbocycles. The Bertz CT molecular complexity index is 1680. The molecule has 2 aliphatic carbocycles. The molecule has 0 saturated carbocycles. The van der Waals surface area contributed by atoms with Gasteiger partial charge in [0.15, 0.2) is 17.9 Å². The molecule has 244 valence electrons. The molecule has 1 fully saturated rings. The van der Waals surface area contributed by atoms with E-state index in [9.17, 15) is 39.9 Å². The third-order valence-electron chi connectivity index (χ3n) is 8.82. The van der Waals surface area contributed by atoms with Crippen LogP contribution in [0.1, 0.15) is 74.4 Å². The van der Waals surface area contributed by atoms with Crippen molar-refractivity contribution in [3.63, 3.8) is 0 Å². The van der Waals surface area contributed by atoms with E-state index in [1.165, 1.54) is 18.2 Å². The number of hydrogen-bond acceptors (Lipinski definition) is 12. The number of rotatable bonds is 7. The molecule has 6 atom stereocenters. The number of fused-ring (bicyclic) bond motifs is 3. The molecule has 46 heavy (non-hydrogen) atoms. The van der Waals surface area contributed by atoms with Crippen LogP contribution >= 0.6 is 12.4 Å². The van der Waals surface area contributed by atoms with Gasteiger partial charge in [-0.15, -0.1) is 12.4 Å². The molecule has 3 aliphatic rings. The fourth-order valence-corrected chi connectivity index (χ4v) is 6.44. The number of carbonyl (C=O) groups is 3. The van der Waals surface area contributed by atoms with Gasteiger partial charge in [-0.25, -0.2) is 0 Å². The molecule has 3 aromatic rings. The van der Waals surface area contributed by atoms with Gasteiger partial charge in [0.2, 0.25) is 5.78 Å². The van der Waals surface area contributed by atoms with Gasteiger partial charge in [-0.1, -0.05) is 42.5 Å². The van der Waals surface area contributed by atoms with Crippen molar-refractivity contribution < 1.29 is 54.1 Å². The monoisotopic (exact) mass is 655 g/mol. The summed E-state index contributed by atoms with van der Waals surface area (Å²) in [6.07, 6.45) is -5.22. The Labute approximate surface area is 269 Å². The van der Waals surface area contributed by atoms with Crippen LogP contribution in [0, 0.1) is 0 Å². The highest BCUT2D eigenvalue weighted by atomic mass is 35.5. The van der Waals surface area contributed by atoms with E-state index in [4.69, 9.17) is 19.9 Å². The predicted octanol–water partition coefficient (Wildman–Crippen LogP) is 1.99. The number of halogens is 1. The van der Waals surface area contributed by atoms with Crippen LogP contribution in [0.5, 0.6) is 17.2 Å². The summed E-state index contributed by atoms with van der Waals surface area (Å²) in [5.41, 5.74) is 3.18. The zero-order valence-electron chi connectivity index (χ0n) is 24.7. The lowest BCUT2D eigenvalue weighted by Crippen LogP contribution is -2.53. The first-order valence-electron chi connectivity index (χ1n) is 14.6. The summed E-state index contributed by atoms with van der Waals surface area (Å²) < 4.78 is 17.8. The maximum absolute atomic E-state index is 14.1. The molecule has 1 heterocycles. The van der Waals surface area contributed by atoms with Crippen molar-refractivity contribution >= 4 is 29.8 Å². The van der Waals surface area contributed by atoms with Gasteiger partial charge in [0.05, 0.1) is 35.0 Å². The minimum atomic E-state index is -2.26. The van der Waals surface area contributed by atoms with E-state index in [1.807, 2.05) is 30.3 Å². The molecule has 6 rings (SSSR count). The first kappa shape index (κ1) is 33.5. The molecule has 1 saturated heterocycles. The van der Waals surface area contributed by atoms with Gasteiger partial charge in [0, 0.05) is 42.0 Å². The smallest absolute Gasteiger partial charge is 0.202 e. The van der Waals surface area contributed by atoms with Gasteiger partial charge in [-0.3, -0.25) is 14.4 Å². The SMILES string of the molecule is CC1OC(O[C@H]2C[C@](O)(C(=O)CO)Cc3c(O)c4c(c(O)c32)C(=O)c2c(OCc3ccccc3)cccc2C4=O)CC(N)C1O.Cl. The van der Waals surface area contributed by atoms with Gasteiger partial charge in [-0.2, -0.15) is 0 Å². The number of aromatic hydroxyl groups is 2. The van der Waals surface area contributed by atoms with Crippen LogP contribution in [0.15, 0.2) is 48.5 Å². The Morgan fingerprint density at radius 3 is 2.39 bits per heavy atom. The van der Waals surface area contributed by atoms with E-state index >= 15 is 0 Å². The largest absolute Gasteiger partial charge is 0.507 e. The van der Waals surface area contributed by atoms with E-state index in [0.29, 0.717) is 0 Å². The normalized spacial score (nSPS) is 26.8. The Morgan fingerprint density at radius 1 is 1.02 bits per heavy atom. The summed E-state index contributed by atoms with van der Waals surface area (Å²) in [7, 11) is 0. The summed E-state index contributed by atoms with van der Waals surface area (Å²) >= 11 is 0. The Morgan fingerprint density at radius 2 is 1.72 bits per heavy atom. The minimum absolute atomic E-state index is 0. The van der Waals surface area contributed by atoms with Crippen molar-refractivity contribution in [3.8, 4) is 17.2 Å². The fourth-order valence-electron chi connectivity index (χ4n) is 6.44. The van der Waals surface area contributed by atoms with Gasteiger partial charge < -0.3 is 45.5 Å². The Kier molecular flexibility index (Phi) is 9.26. The Hall–Kier alpha value is -3.88. The van der Waals surface area contributed by atoms with Crippen LogP contribution in [-0.2, 0) is 27.3 Å². The zero-order chi connectivity index (χ0) is 32.2. The molecule has 0 radical (unpaired) electrons. The van der Waals surface area contributed by atoms with Gasteiger partial charge >= 0.3 is 0 Å². The van der Waals surface area contributed by atoms with Crippen LogP contribution in [0.25, 0.3) is 0 Å². The lowest BCUT2D eigenvalue weighted by molar-refractivity contribution is -0.247.